The van der Waals surface area contributed by atoms with Crippen molar-refractivity contribution in [3.05, 3.63) is 49.4 Å². The Kier molecular flexibility index (Phi) is 4.59. The molecule has 3 N–H and O–H groups in total. The van der Waals surface area contributed by atoms with E-state index < -0.39 is 0 Å². The van der Waals surface area contributed by atoms with Crippen LogP contribution in [0.5, 0.6) is 0 Å². The molecule has 1 aromatic carbocycles. The van der Waals surface area contributed by atoms with Gasteiger partial charge in [0.05, 0.1) is 11.3 Å². The van der Waals surface area contributed by atoms with Crippen molar-refractivity contribution in [2.24, 2.45) is 0 Å². The van der Waals surface area contributed by atoms with Gasteiger partial charge in [0.2, 0.25) is 0 Å². The Hall–Kier alpha value is -0.920. The van der Waals surface area contributed by atoms with Gasteiger partial charge in [0.25, 0.3) is 5.91 Å². The fraction of sp³-hybridized carbons (Fsp3) is 0. The van der Waals surface area contributed by atoms with Gasteiger partial charge in [0.15, 0.2) is 0 Å². The third kappa shape index (κ3) is 3.55. The van der Waals surface area contributed by atoms with E-state index in [2.05, 4.69) is 58.1 Å². The van der Waals surface area contributed by atoms with Gasteiger partial charge in [-0.05, 0) is 56.1 Å². The predicted octanol–water partition coefficient (Wildman–Crippen LogP) is 4.20. The summed E-state index contributed by atoms with van der Waals surface area (Å²) in [6, 6.07) is 7.10. The Labute approximate surface area is 135 Å². The summed E-state index contributed by atoms with van der Waals surface area (Å²) in [6.07, 6.45) is 1.54. The lowest BCUT2D eigenvalue weighted by Gasteiger charge is -2.09. The Morgan fingerprint density at radius 2 is 1.89 bits per heavy atom. The van der Waals surface area contributed by atoms with Crippen LogP contribution >= 0.6 is 47.8 Å². The van der Waals surface area contributed by atoms with Crippen LogP contribution in [0.2, 0.25) is 0 Å². The first-order chi connectivity index (χ1) is 8.97. The summed E-state index contributed by atoms with van der Waals surface area (Å²) in [5.41, 5.74) is 6.68. The Morgan fingerprint density at radius 3 is 2.58 bits per heavy atom. The zero-order valence-corrected chi connectivity index (χ0v) is 14.2. The predicted molar refractivity (Wildman–Crippen MR) is 86.1 cm³/mol. The van der Waals surface area contributed by atoms with Gasteiger partial charge in [-0.25, -0.2) is 4.98 Å². The van der Waals surface area contributed by atoms with Crippen molar-refractivity contribution in [3.8, 4) is 0 Å². The molecule has 1 aromatic heterocycles. The van der Waals surface area contributed by atoms with Gasteiger partial charge in [-0.1, -0.05) is 15.9 Å². The Morgan fingerprint density at radius 1 is 1.16 bits per heavy atom. The highest BCUT2D eigenvalue weighted by atomic mass is 79.9. The number of anilines is 2. The highest BCUT2D eigenvalue weighted by Crippen LogP contribution is 2.27. The lowest BCUT2D eigenvalue weighted by molar-refractivity contribution is 0.102. The third-order valence-corrected chi connectivity index (χ3v) is 3.89. The molecule has 0 saturated heterocycles. The van der Waals surface area contributed by atoms with E-state index in [1.54, 1.807) is 18.3 Å². The van der Waals surface area contributed by atoms with Crippen LogP contribution in [0, 0.1) is 0 Å². The fourth-order valence-electron chi connectivity index (χ4n) is 1.41. The molecule has 0 saturated carbocycles. The molecular formula is C12H8Br3N3O. The number of nitrogens with two attached hydrogens (primary N) is 1. The summed E-state index contributed by atoms with van der Waals surface area (Å²) < 4.78 is 2.39. The summed E-state index contributed by atoms with van der Waals surface area (Å²) in [4.78, 5) is 16.1. The zero-order chi connectivity index (χ0) is 14.0. The molecule has 1 heterocycles. The van der Waals surface area contributed by atoms with Crippen LogP contribution in [0.15, 0.2) is 43.9 Å². The number of amides is 1. The molecule has 0 atom stereocenters. The average molecular weight is 450 g/mol. The zero-order valence-electron chi connectivity index (χ0n) is 9.45. The number of carbonyl (C=O) groups excluding carboxylic acids is 1. The van der Waals surface area contributed by atoms with Gasteiger partial charge < -0.3 is 11.1 Å². The van der Waals surface area contributed by atoms with E-state index in [4.69, 9.17) is 5.73 Å². The smallest absolute Gasteiger partial charge is 0.259 e. The lowest BCUT2D eigenvalue weighted by Crippen LogP contribution is -2.15. The van der Waals surface area contributed by atoms with E-state index in [1.165, 1.54) is 0 Å². The largest absolute Gasteiger partial charge is 0.383 e. The van der Waals surface area contributed by atoms with Gasteiger partial charge in [0, 0.05) is 19.6 Å². The van der Waals surface area contributed by atoms with Gasteiger partial charge in [-0.3, -0.25) is 4.79 Å². The lowest BCUT2D eigenvalue weighted by atomic mass is 10.2. The monoisotopic (exact) mass is 447 g/mol. The second kappa shape index (κ2) is 6.02. The van der Waals surface area contributed by atoms with Crippen LogP contribution in [0.3, 0.4) is 0 Å². The number of pyridine rings is 1. The first-order valence-corrected chi connectivity index (χ1v) is 7.52. The quantitative estimate of drug-likeness (QED) is 0.721. The van der Waals surface area contributed by atoms with Crippen molar-refractivity contribution >= 4 is 65.2 Å². The van der Waals surface area contributed by atoms with E-state index in [1.807, 2.05) is 12.1 Å². The molecule has 4 nitrogen and oxygen atoms in total. The van der Waals surface area contributed by atoms with Crippen LogP contribution < -0.4 is 11.1 Å². The Balaban J connectivity index is 2.28. The van der Waals surface area contributed by atoms with Crippen LogP contribution in [0.25, 0.3) is 0 Å². The molecular weight excluding hydrogens is 442 g/mol. The molecule has 2 rings (SSSR count). The second-order valence-corrected chi connectivity index (χ2v) is 6.35. The van der Waals surface area contributed by atoms with Crippen LogP contribution in [0.4, 0.5) is 11.5 Å². The standard InChI is InChI=1S/C12H8Br3N3O/c13-6-1-2-10(9(15)4-6)18-12(19)8-3-7(14)5-17-11(8)16/h1-5H,(H2,16,17)(H,18,19). The van der Waals surface area contributed by atoms with Crippen LogP contribution in [0.1, 0.15) is 10.4 Å². The summed E-state index contributed by atoms with van der Waals surface area (Å²) in [6.45, 7) is 0. The number of aromatic nitrogens is 1. The number of nitrogens with one attached hydrogen (secondary N) is 1. The molecule has 0 unspecified atom stereocenters. The first kappa shape index (κ1) is 14.5. The SMILES string of the molecule is Nc1ncc(Br)cc1C(=O)Nc1ccc(Br)cc1Br. The average Bonchev–Trinajstić information content (AvgIpc) is 2.35. The van der Waals surface area contributed by atoms with Crippen molar-refractivity contribution in [2.45, 2.75) is 0 Å². The van der Waals surface area contributed by atoms with Crippen molar-refractivity contribution < 1.29 is 4.79 Å². The number of rotatable bonds is 2. The number of benzene rings is 1. The minimum Gasteiger partial charge on any atom is -0.383 e. The normalized spacial score (nSPS) is 10.3. The van der Waals surface area contributed by atoms with Crippen LogP contribution in [-0.4, -0.2) is 10.9 Å². The Bertz CT molecular complexity index is 646. The molecule has 7 heteroatoms. The highest BCUT2D eigenvalue weighted by Gasteiger charge is 2.13. The van der Waals surface area contributed by atoms with E-state index >= 15 is 0 Å². The molecule has 2 aromatic rings. The summed E-state index contributed by atoms with van der Waals surface area (Å²) in [7, 11) is 0. The minimum absolute atomic E-state index is 0.189. The van der Waals surface area contributed by atoms with Gasteiger partial charge in [-0.15, -0.1) is 0 Å². The maximum absolute atomic E-state index is 12.1. The molecule has 0 fully saturated rings. The third-order valence-electron chi connectivity index (χ3n) is 2.31. The number of nitrogen functional groups attached to an aromatic ring is 1. The van der Waals surface area contributed by atoms with E-state index in [9.17, 15) is 4.79 Å². The maximum Gasteiger partial charge on any atom is 0.259 e. The van der Waals surface area contributed by atoms with E-state index in [-0.39, 0.29) is 11.7 Å². The molecule has 0 radical (unpaired) electrons. The van der Waals surface area contributed by atoms with Gasteiger partial charge in [-0.2, -0.15) is 0 Å². The summed E-state index contributed by atoms with van der Waals surface area (Å²) in [5, 5.41) is 2.77. The van der Waals surface area contributed by atoms with Gasteiger partial charge in [0.1, 0.15) is 5.82 Å². The van der Waals surface area contributed by atoms with Crippen molar-refractivity contribution in [3.63, 3.8) is 0 Å². The van der Waals surface area contributed by atoms with Crippen molar-refractivity contribution in [1.82, 2.24) is 4.98 Å². The second-order valence-electron chi connectivity index (χ2n) is 3.66. The van der Waals surface area contributed by atoms with Crippen molar-refractivity contribution in [1.29, 1.82) is 0 Å². The number of carbonyl (C=O) groups is 1. The molecule has 0 aliphatic carbocycles. The molecule has 1 amide bonds. The molecule has 0 spiro atoms. The van der Waals surface area contributed by atoms with E-state index in [0.29, 0.717) is 15.7 Å². The number of nitrogens with zero attached hydrogens (tertiary/aromatic N) is 1. The minimum atomic E-state index is -0.311. The van der Waals surface area contributed by atoms with Crippen LogP contribution in [-0.2, 0) is 0 Å². The molecule has 19 heavy (non-hydrogen) atoms. The molecule has 0 aliphatic heterocycles. The summed E-state index contributed by atoms with van der Waals surface area (Å²) in [5.74, 6) is -0.122. The number of hydrogen-bond donors (Lipinski definition) is 2. The fourth-order valence-corrected chi connectivity index (χ4v) is 2.89. The van der Waals surface area contributed by atoms with E-state index in [0.717, 1.165) is 8.95 Å². The summed E-state index contributed by atoms with van der Waals surface area (Å²) >= 11 is 9.99. The molecule has 0 bridgehead atoms. The highest BCUT2D eigenvalue weighted by molar-refractivity contribution is 9.11. The molecule has 0 aliphatic rings. The first-order valence-electron chi connectivity index (χ1n) is 5.15. The maximum atomic E-state index is 12.1. The van der Waals surface area contributed by atoms with Gasteiger partial charge >= 0.3 is 0 Å². The molecule has 98 valence electrons. The number of hydrogen-bond acceptors (Lipinski definition) is 3. The van der Waals surface area contributed by atoms with Crippen molar-refractivity contribution in [2.75, 3.05) is 11.1 Å². The number of halogens is 3. The topological polar surface area (TPSA) is 68.0 Å².